The first-order chi connectivity index (χ1) is 8.65. The molecular weight excluding hydrogens is 226 g/mol. The number of hydrogen-bond acceptors (Lipinski definition) is 3. The molecule has 2 aromatic heterocycles. The summed E-state index contributed by atoms with van der Waals surface area (Å²) in [6, 6.07) is 9.51. The molecule has 0 radical (unpaired) electrons. The van der Waals surface area contributed by atoms with E-state index in [0.717, 1.165) is 16.8 Å². The van der Waals surface area contributed by atoms with Gasteiger partial charge in [0.2, 0.25) is 5.88 Å². The topological polar surface area (TPSA) is 50.9 Å². The Morgan fingerprint density at radius 1 is 1.11 bits per heavy atom. The van der Waals surface area contributed by atoms with Gasteiger partial charge in [-0.05, 0) is 31.5 Å². The SMILES string of the molecule is Cc1ccc(-n2cnc3ccc(O)nc32)c(C)c1. The second-order valence-electron chi connectivity index (χ2n) is 4.42. The second-order valence-corrected chi connectivity index (χ2v) is 4.42. The lowest BCUT2D eigenvalue weighted by atomic mass is 10.1. The number of nitrogens with zero attached hydrogens (tertiary/aromatic N) is 3. The van der Waals surface area contributed by atoms with Crippen LogP contribution in [0.3, 0.4) is 0 Å². The quantitative estimate of drug-likeness (QED) is 0.710. The Morgan fingerprint density at radius 2 is 1.94 bits per heavy atom. The zero-order valence-electron chi connectivity index (χ0n) is 10.3. The van der Waals surface area contributed by atoms with Crippen molar-refractivity contribution in [2.24, 2.45) is 0 Å². The molecule has 18 heavy (non-hydrogen) atoms. The number of aromatic nitrogens is 3. The van der Waals surface area contributed by atoms with Gasteiger partial charge in [-0.3, -0.25) is 4.57 Å². The molecule has 90 valence electrons. The minimum atomic E-state index is 0.00835. The number of benzene rings is 1. The molecule has 4 heteroatoms. The summed E-state index contributed by atoms with van der Waals surface area (Å²) in [6.45, 7) is 4.11. The predicted molar refractivity (Wildman–Crippen MR) is 70.0 cm³/mol. The average Bonchev–Trinajstić information content (AvgIpc) is 2.72. The maximum absolute atomic E-state index is 9.48. The fourth-order valence-electron chi connectivity index (χ4n) is 2.14. The summed E-state index contributed by atoms with van der Waals surface area (Å²) < 4.78 is 1.89. The lowest BCUT2D eigenvalue weighted by molar-refractivity contribution is 0.455. The molecule has 1 aromatic carbocycles. The van der Waals surface area contributed by atoms with Crippen LogP contribution < -0.4 is 0 Å². The zero-order chi connectivity index (χ0) is 12.7. The number of fused-ring (bicyclic) bond motifs is 1. The highest BCUT2D eigenvalue weighted by atomic mass is 16.3. The van der Waals surface area contributed by atoms with Crippen LogP contribution in [0.5, 0.6) is 5.88 Å². The molecule has 3 aromatic rings. The molecule has 0 spiro atoms. The minimum absolute atomic E-state index is 0.00835. The summed E-state index contributed by atoms with van der Waals surface area (Å²) in [6.07, 6.45) is 1.73. The van der Waals surface area contributed by atoms with E-state index in [4.69, 9.17) is 0 Å². The molecule has 0 atom stereocenters. The molecule has 0 saturated carbocycles. The van der Waals surface area contributed by atoms with E-state index >= 15 is 0 Å². The number of hydrogen-bond donors (Lipinski definition) is 1. The second kappa shape index (κ2) is 3.84. The fourth-order valence-corrected chi connectivity index (χ4v) is 2.14. The van der Waals surface area contributed by atoms with Gasteiger partial charge in [-0.2, -0.15) is 4.98 Å². The van der Waals surface area contributed by atoms with Crippen LogP contribution in [0.25, 0.3) is 16.9 Å². The molecule has 0 aliphatic heterocycles. The van der Waals surface area contributed by atoms with E-state index in [0.29, 0.717) is 5.65 Å². The lowest BCUT2D eigenvalue weighted by Crippen LogP contribution is -1.97. The molecule has 2 heterocycles. The Balaban J connectivity index is 2.28. The Kier molecular flexibility index (Phi) is 2.30. The molecule has 0 fully saturated rings. The monoisotopic (exact) mass is 239 g/mol. The van der Waals surface area contributed by atoms with E-state index in [-0.39, 0.29) is 5.88 Å². The fraction of sp³-hybridized carbons (Fsp3) is 0.143. The highest BCUT2D eigenvalue weighted by Gasteiger charge is 2.08. The van der Waals surface area contributed by atoms with Gasteiger partial charge < -0.3 is 5.11 Å². The Labute approximate surface area is 105 Å². The first kappa shape index (κ1) is 10.8. The molecule has 3 rings (SSSR count). The molecule has 1 N–H and O–H groups in total. The Bertz CT molecular complexity index is 731. The van der Waals surface area contributed by atoms with Gasteiger partial charge in [0.15, 0.2) is 5.65 Å². The first-order valence-electron chi connectivity index (χ1n) is 5.76. The van der Waals surface area contributed by atoms with Gasteiger partial charge in [0.25, 0.3) is 0 Å². The standard InChI is InChI=1S/C14H13N3O/c1-9-3-5-12(10(2)7-9)17-8-15-11-4-6-13(18)16-14(11)17/h3-8H,1-2H3,(H,16,18). The van der Waals surface area contributed by atoms with Gasteiger partial charge in [-0.1, -0.05) is 17.7 Å². The van der Waals surface area contributed by atoms with Crippen LogP contribution in [0.2, 0.25) is 0 Å². The van der Waals surface area contributed by atoms with Crippen molar-refractivity contribution in [2.45, 2.75) is 13.8 Å². The maximum atomic E-state index is 9.48. The third kappa shape index (κ3) is 1.62. The third-order valence-electron chi connectivity index (χ3n) is 2.99. The van der Waals surface area contributed by atoms with Gasteiger partial charge >= 0.3 is 0 Å². The van der Waals surface area contributed by atoms with Gasteiger partial charge in [0.05, 0.1) is 5.69 Å². The van der Waals surface area contributed by atoms with E-state index < -0.39 is 0 Å². The summed E-state index contributed by atoms with van der Waals surface area (Å²) in [5.41, 5.74) is 4.84. The number of pyridine rings is 1. The Morgan fingerprint density at radius 3 is 2.72 bits per heavy atom. The van der Waals surface area contributed by atoms with Crippen LogP contribution in [0, 0.1) is 13.8 Å². The van der Waals surface area contributed by atoms with Crippen LogP contribution in [0.4, 0.5) is 0 Å². The third-order valence-corrected chi connectivity index (χ3v) is 2.99. The van der Waals surface area contributed by atoms with E-state index in [2.05, 4.69) is 35.9 Å². The van der Waals surface area contributed by atoms with E-state index in [1.807, 2.05) is 10.6 Å². The van der Waals surface area contributed by atoms with Crippen molar-refractivity contribution in [3.63, 3.8) is 0 Å². The van der Waals surface area contributed by atoms with Crippen molar-refractivity contribution in [1.82, 2.24) is 14.5 Å². The normalized spacial score (nSPS) is 11.0. The molecule has 0 aliphatic rings. The number of aromatic hydroxyl groups is 1. The molecular formula is C14H13N3O. The molecule has 4 nitrogen and oxygen atoms in total. The summed E-state index contributed by atoms with van der Waals surface area (Å²) >= 11 is 0. The number of rotatable bonds is 1. The molecule has 0 amide bonds. The lowest BCUT2D eigenvalue weighted by Gasteiger charge is -2.08. The predicted octanol–water partition coefficient (Wildman–Crippen LogP) is 2.74. The highest BCUT2D eigenvalue weighted by Crippen LogP contribution is 2.21. The van der Waals surface area contributed by atoms with Crippen LogP contribution >= 0.6 is 0 Å². The smallest absolute Gasteiger partial charge is 0.212 e. The van der Waals surface area contributed by atoms with Crippen molar-refractivity contribution in [3.05, 3.63) is 47.8 Å². The van der Waals surface area contributed by atoms with Crippen molar-refractivity contribution < 1.29 is 5.11 Å². The maximum Gasteiger partial charge on any atom is 0.212 e. The van der Waals surface area contributed by atoms with Crippen molar-refractivity contribution in [1.29, 1.82) is 0 Å². The van der Waals surface area contributed by atoms with Gasteiger partial charge in [0.1, 0.15) is 11.8 Å². The van der Waals surface area contributed by atoms with E-state index in [9.17, 15) is 5.11 Å². The van der Waals surface area contributed by atoms with Crippen LogP contribution in [-0.2, 0) is 0 Å². The van der Waals surface area contributed by atoms with Crippen molar-refractivity contribution >= 4 is 11.2 Å². The van der Waals surface area contributed by atoms with Gasteiger partial charge in [-0.15, -0.1) is 0 Å². The first-order valence-corrected chi connectivity index (χ1v) is 5.76. The summed E-state index contributed by atoms with van der Waals surface area (Å²) in [7, 11) is 0. The summed E-state index contributed by atoms with van der Waals surface area (Å²) in [4.78, 5) is 8.42. The minimum Gasteiger partial charge on any atom is -0.493 e. The van der Waals surface area contributed by atoms with Crippen molar-refractivity contribution in [2.75, 3.05) is 0 Å². The summed E-state index contributed by atoms with van der Waals surface area (Å²) in [5, 5.41) is 9.48. The van der Waals surface area contributed by atoms with E-state index in [1.165, 1.54) is 5.56 Å². The van der Waals surface area contributed by atoms with Gasteiger partial charge in [-0.25, -0.2) is 4.98 Å². The highest BCUT2D eigenvalue weighted by molar-refractivity contribution is 5.74. The average molecular weight is 239 g/mol. The zero-order valence-corrected chi connectivity index (χ0v) is 10.3. The van der Waals surface area contributed by atoms with Crippen LogP contribution in [0.15, 0.2) is 36.7 Å². The number of aryl methyl sites for hydroxylation is 2. The molecule has 0 saturated heterocycles. The molecule has 0 aliphatic carbocycles. The Hall–Kier alpha value is -2.36. The van der Waals surface area contributed by atoms with Crippen LogP contribution in [-0.4, -0.2) is 19.6 Å². The molecule has 0 bridgehead atoms. The number of imidazole rings is 1. The summed E-state index contributed by atoms with van der Waals surface area (Å²) in [5.74, 6) is 0.00835. The largest absolute Gasteiger partial charge is 0.493 e. The van der Waals surface area contributed by atoms with E-state index in [1.54, 1.807) is 18.5 Å². The van der Waals surface area contributed by atoms with Gasteiger partial charge in [0, 0.05) is 6.07 Å². The van der Waals surface area contributed by atoms with Crippen molar-refractivity contribution in [3.8, 4) is 11.6 Å². The van der Waals surface area contributed by atoms with Crippen LogP contribution in [0.1, 0.15) is 11.1 Å². The molecule has 0 unspecified atom stereocenters.